The molecule has 1 aliphatic rings. The fourth-order valence-corrected chi connectivity index (χ4v) is 1.84. The summed E-state index contributed by atoms with van der Waals surface area (Å²) in [6.45, 7) is 5.72. The van der Waals surface area contributed by atoms with Crippen LogP contribution in [0.4, 0.5) is 0 Å². The van der Waals surface area contributed by atoms with Crippen molar-refractivity contribution in [2.75, 3.05) is 13.2 Å². The summed E-state index contributed by atoms with van der Waals surface area (Å²) in [6, 6.07) is 0. The minimum Gasteiger partial charge on any atom is -0.380 e. The summed E-state index contributed by atoms with van der Waals surface area (Å²) in [5.74, 6) is -0.321. The fraction of sp³-hybridized carbons (Fsp3) is 0.643. The van der Waals surface area contributed by atoms with Gasteiger partial charge in [0, 0.05) is 11.0 Å². The number of hydrogen-bond acceptors (Lipinski definition) is 2. The second kappa shape index (κ2) is 6.60. The highest BCUT2D eigenvalue weighted by atomic mass is 16.5. The Balaban J connectivity index is 2.50. The monoisotopic (exact) mass is 237 g/mol. The Morgan fingerprint density at radius 2 is 2.18 bits per heavy atom. The first kappa shape index (κ1) is 14.0. The van der Waals surface area contributed by atoms with Crippen LogP contribution in [0.1, 0.15) is 39.5 Å². The third kappa shape index (κ3) is 4.73. The lowest BCUT2D eigenvalue weighted by Gasteiger charge is -2.38. The second-order valence-electron chi connectivity index (χ2n) is 5.11. The molecule has 0 saturated carbocycles. The van der Waals surface area contributed by atoms with Crippen molar-refractivity contribution >= 4 is 5.91 Å². The third-order valence-electron chi connectivity index (χ3n) is 2.99. The van der Waals surface area contributed by atoms with E-state index >= 15 is 0 Å². The molecule has 1 rings (SSSR count). The largest absolute Gasteiger partial charge is 0.380 e. The van der Waals surface area contributed by atoms with E-state index in [2.05, 4.69) is 19.9 Å². The molecular weight excluding hydrogens is 214 g/mol. The maximum Gasteiger partial charge on any atom is 0.244 e. The second-order valence-corrected chi connectivity index (χ2v) is 5.11. The average Bonchev–Trinajstić information content (AvgIpc) is 2.24. The minimum atomic E-state index is -0.321. The molecule has 0 spiro atoms. The number of carbonyl (C=O) groups excluding carboxylic acids is 1. The van der Waals surface area contributed by atoms with Gasteiger partial charge in [-0.15, -0.1) is 0 Å². The summed E-state index contributed by atoms with van der Waals surface area (Å²) in [5, 5.41) is 0. The van der Waals surface area contributed by atoms with E-state index in [-0.39, 0.29) is 11.3 Å². The van der Waals surface area contributed by atoms with E-state index in [9.17, 15) is 4.79 Å². The van der Waals surface area contributed by atoms with Crippen molar-refractivity contribution in [2.24, 2.45) is 11.1 Å². The van der Waals surface area contributed by atoms with Crippen LogP contribution in [0.2, 0.25) is 0 Å². The number of allylic oxidation sites excluding steroid dienone is 3. The molecule has 3 nitrogen and oxygen atoms in total. The van der Waals surface area contributed by atoms with Gasteiger partial charge in [0.1, 0.15) is 0 Å². The van der Waals surface area contributed by atoms with Gasteiger partial charge in [-0.3, -0.25) is 4.79 Å². The Kier molecular flexibility index (Phi) is 5.42. The molecule has 0 radical (unpaired) electrons. The van der Waals surface area contributed by atoms with Crippen molar-refractivity contribution in [1.82, 2.24) is 0 Å². The molecule has 0 unspecified atom stereocenters. The molecule has 96 valence electrons. The van der Waals surface area contributed by atoms with Crippen molar-refractivity contribution in [3.63, 3.8) is 0 Å². The number of rotatable bonds is 7. The molecule has 1 saturated heterocycles. The van der Waals surface area contributed by atoms with Gasteiger partial charge >= 0.3 is 0 Å². The molecule has 3 heteroatoms. The summed E-state index contributed by atoms with van der Waals surface area (Å²) in [7, 11) is 0. The van der Waals surface area contributed by atoms with Crippen molar-refractivity contribution in [3.05, 3.63) is 23.8 Å². The van der Waals surface area contributed by atoms with Crippen LogP contribution in [-0.4, -0.2) is 19.1 Å². The number of amides is 1. The standard InChI is InChI=1S/C14H23NO2/c1-3-4-5-6-7-8-12(13(15)16)9-14(2)10-17-11-14/h6-8H,3-5,9-11H2,1-2H3,(H2,15,16). The van der Waals surface area contributed by atoms with Gasteiger partial charge in [0.25, 0.3) is 0 Å². The average molecular weight is 237 g/mol. The molecule has 1 amide bonds. The SMILES string of the molecule is CCCCC=CC=C(CC1(C)COC1)C(N)=O. The molecular formula is C14H23NO2. The first-order valence-corrected chi connectivity index (χ1v) is 6.31. The van der Waals surface area contributed by atoms with Crippen LogP contribution in [0.3, 0.4) is 0 Å². The first-order valence-electron chi connectivity index (χ1n) is 6.31. The van der Waals surface area contributed by atoms with Crippen molar-refractivity contribution in [1.29, 1.82) is 0 Å². The summed E-state index contributed by atoms with van der Waals surface area (Å²) in [4.78, 5) is 11.3. The van der Waals surface area contributed by atoms with Crippen LogP contribution >= 0.6 is 0 Å². The predicted octanol–water partition coefficient (Wildman–Crippen LogP) is 2.57. The Bertz CT molecular complexity index is 314. The van der Waals surface area contributed by atoms with E-state index in [1.165, 1.54) is 12.8 Å². The zero-order valence-electron chi connectivity index (χ0n) is 10.9. The van der Waals surface area contributed by atoms with E-state index in [4.69, 9.17) is 10.5 Å². The van der Waals surface area contributed by atoms with Crippen LogP contribution in [0.25, 0.3) is 0 Å². The van der Waals surface area contributed by atoms with Crippen LogP contribution in [-0.2, 0) is 9.53 Å². The van der Waals surface area contributed by atoms with Crippen LogP contribution in [0.5, 0.6) is 0 Å². The molecule has 0 aromatic rings. The Hall–Kier alpha value is -1.09. The van der Waals surface area contributed by atoms with Gasteiger partial charge in [0.05, 0.1) is 13.2 Å². The van der Waals surface area contributed by atoms with E-state index in [0.29, 0.717) is 12.0 Å². The number of nitrogens with two attached hydrogens (primary N) is 1. The van der Waals surface area contributed by atoms with Gasteiger partial charge in [0.15, 0.2) is 0 Å². The quantitative estimate of drug-likeness (QED) is 0.420. The third-order valence-corrected chi connectivity index (χ3v) is 2.99. The molecule has 17 heavy (non-hydrogen) atoms. The Morgan fingerprint density at radius 1 is 1.47 bits per heavy atom. The number of ether oxygens (including phenoxy) is 1. The highest BCUT2D eigenvalue weighted by molar-refractivity contribution is 5.92. The summed E-state index contributed by atoms with van der Waals surface area (Å²) >= 11 is 0. The highest BCUT2D eigenvalue weighted by Gasteiger charge is 2.34. The number of hydrogen-bond donors (Lipinski definition) is 1. The van der Waals surface area contributed by atoms with Crippen molar-refractivity contribution < 1.29 is 9.53 Å². The van der Waals surface area contributed by atoms with E-state index in [1.807, 2.05) is 12.2 Å². The van der Waals surface area contributed by atoms with E-state index in [0.717, 1.165) is 19.6 Å². The molecule has 0 bridgehead atoms. The lowest BCUT2D eigenvalue weighted by atomic mass is 9.81. The van der Waals surface area contributed by atoms with Crippen LogP contribution in [0.15, 0.2) is 23.8 Å². The van der Waals surface area contributed by atoms with Crippen molar-refractivity contribution in [3.8, 4) is 0 Å². The molecule has 0 aromatic heterocycles. The maximum atomic E-state index is 11.3. The lowest BCUT2D eigenvalue weighted by molar-refractivity contribution is -0.118. The molecule has 1 aliphatic heterocycles. The number of unbranched alkanes of at least 4 members (excludes halogenated alkanes) is 2. The minimum absolute atomic E-state index is 0.0954. The molecule has 1 fully saturated rings. The molecule has 1 heterocycles. The van der Waals surface area contributed by atoms with Gasteiger partial charge in [-0.1, -0.05) is 44.9 Å². The van der Waals surface area contributed by atoms with Gasteiger partial charge in [-0.25, -0.2) is 0 Å². The zero-order chi connectivity index (χ0) is 12.7. The Labute approximate surface area is 104 Å². The normalized spacial score (nSPS) is 19.3. The van der Waals surface area contributed by atoms with E-state index in [1.54, 1.807) is 0 Å². The van der Waals surface area contributed by atoms with Crippen LogP contribution in [0, 0.1) is 5.41 Å². The highest BCUT2D eigenvalue weighted by Crippen LogP contribution is 2.33. The molecule has 2 N–H and O–H groups in total. The number of primary amides is 1. The summed E-state index contributed by atoms with van der Waals surface area (Å²) in [6.07, 6.45) is 10.0. The van der Waals surface area contributed by atoms with Gasteiger partial charge in [0.2, 0.25) is 5.91 Å². The summed E-state index contributed by atoms with van der Waals surface area (Å²) in [5.41, 5.74) is 6.17. The topological polar surface area (TPSA) is 52.3 Å². The maximum absolute atomic E-state index is 11.3. The lowest BCUT2D eigenvalue weighted by Crippen LogP contribution is -2.41. The zero-order valence-corrected chi connectivity index (χ0v) is 10.9. The van der Waals surface area contributed by atoms with Crippen molar-refractivity contribution in [2.45, 2.75) is 39.5 Å². The summed E-state index contributed by atoms with van der Waals surface area (Å²) < 4.78 is 5.18. The molecule has 0 aliphatic carbocycles. The van der Waals surface area contributed by atoms with Gasteiger partial charge < -0.3 is 10.5 Å². The van der Waals surface area contributed by atoms with Crippen LogP contribution < -0.4 is 5.73 Å². The number of carbonyl (C=O) groups is 1. The van der Waals surface area contributed by atoms with E-state index < -0.39 is 0 Å². The fourth-order valence-electron chi connectivity index (χ4n) is 1.84. The molecule has 0 aromatic carbocycles. The first-order chi connectivity index (χ1) is 8.07. The predicted molar refractivity (Wildman–Crippen MR) is 69.5 cm³/mol. The molecule has 0 atom stereocenters. The Morgan fingerprint density at radius 3 is 2.65 bits per heavy atom. The van der Waals surface area contributed by atoms with Gasteiger partial charge in [-0.05, 0) is 12.8 Å². The van der Waals surface area contributed by atoms with Gasteiger partial charge in [-0.2, -0.15) is 0 Å². The smallest absolute Gasteiger partial charge is 0.244 e.